The van der Waals surface area contributed by atoms with Gasteiger partial charge in [-0.05, 0) is 42.3 Å². The molecule has 1 atom stereocenters. The molecule has 1 aromatic rings. The number of halogens is 1. The first kappa shape index (κ1) is 22.8. The summed E-state index contributed by atoms with van der Waals surface area (Å²) in [7, 11) is 0. The van der Waals surface area contributed by atoms with E-state index in [0.29, 0.717) is 23.3 Å². The number of aliphatic hydroxyl groups is 1. The Balaban J connectivity index is 2.24. The summed E-state index contributed by atoms with van der Waals surface area (Å²) >= 11 is 0. The zero-order valence-corrected chi connectivity index (χ0v) is 16.6. The van der Waals surface area contributed by atoms with E-state index in [1.807, 2.05) is 0 Å². The molecule has 8 nitrogen and oxygen atoms in total. The van der Waals surface area contributed by atoms with E-state index in [4.69, 9.17) is 9.84 Å². The van der Waals surface area contributed by atoms with Gasteiger partial charge in [0.1, 0.15) is 18.2 Å². The van der Waals surface area contributed by atoms with Gasteiger partial charge in [0.2, 0.25) is 6.41 Å². The highest BCUT2D eigenvalue weighted by molar-refractivity contribution is 6.07. The smallest absolute Gasteiger partial charge is 0.322 e. The quantitative estimate of drug-likeness (QED) is 0.218. The summed E-state index contributed by atoms with van der Waals surface area (Å²) in [5, 5.41) is 13.6. The van der Waals surface area contributed by atoms with Crippen molar-refractivity contribution in [2.24, 2.45) is 0 Å². The largest absolute Gasteiger partial charge is 0.491 e. The lowest BCUT2D eigenvalue weighted by atomic mass is 9.89. The summed E-state index contributed by atoms with van der Waals surface area (Å²) in [6.45, 7) is 5.48. The van der Waals surface area contributed by atoms with Gasteiger partial charge in [-0.25, -0.2) is 9.18 Å². The molecule has 160 valence electrons. The van der Waals surface area contributed by atoms with Crippen LogP contribution in [-0.2, 0) is 19.9 Å². The van der Waals surface area contributed by atoms with Crippen LogP contribution >= 0.6 is 0 Å². The monoisotopic (exact) mass is 417 g/mol. The number of imide groups is 1. The Labute approximate surface area is 173 Å². The summed E-state index contributed by atoms with van der Waals surface area (Å²) in [4.78, 5) is 37.4. The third-order valence-corrected chi connectivity index (χ3v) is 4.31. The van der Waals surface area contributed by atoms with Crippen molar-refractivity contribution >= 4 is 18.3 Å². The zero-order valence-electron chi connectivity index (χ0n) is 16.6. The molecule has 0 aliphatic carbocycles. The number of carbonyl (C=O) groups is 3. The van der Waals surface area contributed by atoms with Crippen molar-refractivity contribution in [2.45, 2.75) is 12.5 Å². The maximum atomic E-state index is 13.3. The number of allylic oxidation sites excluding steroid dienone is 2. The highest BCUT2D eigenvalue weighted by Gasteiger charge is 2.48. The van der Waals surface area contributed by atoms with Crippen molar-refractivity contribution in [2.75, 3.05) is 26.3 Å². The van der Waals surface area contributed by atoms with Gasteiger partial charge in [-0.2, -0.15) is 0 Å². The van der Waals surface area contributed by atoms with Gasteiger partial charge in [0.05, 0.1) is 13.2 Å². The summed E-state index contributed by atoms with van der Waals surface area (Å²) < 4.78 is 18.7. The van der Waals surface area contributed by atoms with Crippen LogP contribution in [0.15, 0.2) is 60.4 Å². The van der Waals surface area contributed by atoms with Crippen LogP contribution in [0.5, 0.6) is 0 Å². The number of benzene rings is 1. The van der Waals surface area contributed by atoms with Crippen LogP contribution in [0, 0.1) is 5.82 Å². The van der Waals surface area contributed by atoms with Crippen LogP contribution in [0.2, 0.25) is 0 Å². The topological polar surface area (TPSA) is 108 Å². The molecule has 0 saturated carbocycles. The molecule has 30 heavy (non-hydrogen) atoms. The van der Waals surface area contributed by atoms with Crippen LogP contribution in [0.1, 0.15) is 12.5 Å². The second-order valence-electron chi connectivity index (χ2n) is 6.61. The number of nitrogens with zero attached hydrogens (tertiary/aromatic N) is 1. The number of aliphatic hydroxyl groups excluding tert-OH is 1. The van der Waals surface area contributed by atoms with Crippen molar-refractivity contribution in [3.05, 3.63) is 71.8 Å². The highest BCUT2D eigenvalue weighted by Crippen LogP contribution is 2.27. The third kappa shape index (κ3) is 5.54. The molecule has 9 heteroatoms. The molecule has 3 N–H and O–H groups in total. The fourth-order valence-electron chi connectivity index (χ4n) is 3.04. The Hall–Kier alpha value is -3.46. The van der Waals surface area contributed by atoms with Gasteiger partial charge < -0.3 is 20.1 Å². The van der Waals surface area contributed by atoms with E-state index >= 15 is 0 Å². The van der Waals surface area contributed by atoms with Crippen LogP contribution in [0.25, 0.3) is 0 Å². The molecule has 0 radical (unpaired) electrons. The molecule has 1 aliphatic heterocycles. The minimum absolute atomic E-state index is 0.0408. The SMILES string of the molecule is C=C(/C=C(\C=C/C)OCCO)CN(C=O)C[C@@]1(c2ccc(F)cc2)NC(=O)NC1=O. The Bertz CT molecular complexity index is 866. The predicted molar refractivity (Wildman–Crippen MR) is 107 cm³/mol. The van der Waals surface area contributed by atoms with Crippen LogP contribution < -0.4 is 10.6 Å². The molecular formula is C21H24FN3O5. The normalized spacial score (nSPS) is 18.8. The lowest BCUT2D eigenvalue weighted by Gasteiger charge is -2.31. The number of hydrogen-bond donors (Lipinski definition) is 3. The molecule has 1 heterocycles. The fourth-order valence-corrected chi connectivity index (χ4v) is 3.04. The minimum atomic E-state index is -1.56. The van der Waals surface area contributed by atoms with E-state index < -0.39 is 23.3 Å². The molecule has 0 unspecified atom stereocenters. The van der Waals surface area contributed by atoms with E-state index in [2.05, 4.69) is 17.2 Å². The lowest BCUT2D eigenvalue weighted by Crippen LogP contribution is -2.52. The molecule has 1 fully saturated rings. The second kappa shape index (κ2) is 10.4. The fraction of sp³-hybridized carbons (Fsp3) is 0.286. The Morgan fingerprint density at radius 2 is 2.03 bits per heavy atom. The molecule has 1 aliphatic rings. The number of amides is 4. The number of nitrogens with one attached hydrogen (secondary N) is 2. The predicted octanol–water partition coefficient (Wildman–Crippen LogP) is 1.34. The maximum absolute atomic E-state index is 13.3. The van der Waals surface area contributed by atoms with Gasteiger partial charge in [0, 0.05) is 6.54 Å². The average molecular weight is 417 g/mol. The summed E-state index contributed by atoms with van der Waals surface area (Å²) in [6.07, 6.45) is 5.56. The van der Waals surface area contributed by atoms with Gasteiger partial charge in [0.25, 0.3) is 5.91 Å². The van der Waals surface area contributed by atoms with Crippen LogP contribution in [0.3, 0.4) is 0 Å². The molecule has 2 rings (SSSR count). The number of rotatable bonds is 11. The lowest BCUT2D eigenvalue weighted by molar-refractivity contribution is -0.126. The third-order valence-electron chi connectivity index (χ3n) is 4.31. The van der Waals surface area contributed by atoms with Gasteiger partial charge >= 0.3 is 6.03 Å². The van der Waals surface area contributed by atoms with Gasteiger partial charge in [-0.1, -0.05) is 24.8 Å². The van der Waals surface area contributed by atoms with Crippen LogP contribution in [0.4, 0.5) is 9.18 Å². The summed E-state index contributed by atoms with van der Waals surface area (Å²) in [5.41, 5.74) is -0.733. The van der Waals surface area contributed by atoms with Crippen molar-refractivity contribution in [1.82, 2.24) is 15.5 Å². The standard InChI is InChI=1S/C21H24FN3O5/c1-3-4-18(30-10-9-26)11-15(2)12-25(14-27)13-21(19(28)23-20(29)24-21)16-5-7-17(22)8-6-16/h3-8,11,14,26H,2,9-10,12-13H2,1H3,(H2,23,24,28,29)/b4-3-,18-11+/t21-/m0/s1. The molecule has 4 amide bonds. The molecule has 1 aromatic carbocycles. The van der Waals surface area contributed by atoms with Crippen LogP contribution in [-0.4, -0.2) is 54.7 Å². The number of ether oxygens (including phenoxy) is 1. The molecule has 0 spiro atoms. The average Bonchev–Trinajstić information content (AvgIpc) is 3.00. The first-order chi connectivity index (χ1) is 14.3. The van der Waals surface area contributed by atoms with Gasteiger partial charge in [0.15, 0.2) is 5.54 Å². The minimum Gasteiger partial charge on any atom is -0.491 e. The van der Waals surface area contributed by atoms with Crippen molar-refractivity contribution in [1.29, 1.82) is 0 Å². The maximum Gasteiger partial charge on any atom is 0.322 e. The second-order valence-corrected chi connectivity index (χ2v) is 6.61. The first-order valence-corrected chi connectivity index (χ1v) is 9.19. The van der Waals surface area contributed by atoms with E-state index in [9.17, 15) is 18.8 Å². The van der Waals surface area contributed by atoms with E-state index in [1.54, 1.807) is 25.2 Å². The first-order valence-electron chi connectivity index (χ1n) is 9.19. The van der Waals surface area contributed by atoms with Gasteiger partial charge in [-0.15, -0.1) is 0 Å². The van der Waals surface area contributed by atoms with E-state index in [1.165, 1.54) is 29.2 Å². The van der Waals surface area contributed by atoms with E-state index in [-0.39, 0.29) is 26.3 Å². The summed E-state index contributed by atoms with van der Waals surface area (Å²) in [6, 6.07) is 4.39. The van der Waals surface area contributed by atoms with E-state index in [0.717, 1.165) is 0 Å². The number of urea groups is 1. The highest BCUT2D eigenvalue weighted by atomic mass is 19.1. The summed E-state index contributed by atoms with van der Waals surface area (Å²) in [5.74, 6) is -0.695. The molecule has 1 saturated heterocycles. The van der Waals surface area contributed by atoms with Crippen molar-refractivity contribution in [3.63, 3.8) is 0 Å². The van der Waals surface area contributed by atoms with Crippen molar-refractivity contribution < 1.29 is 28.6 Å². The Morgan fingerprint density at radius 3 is 2.57 bits per heavy atom. The Morgan fingerprint density at radius 1 is 1.33 bits per heavy atom. The zero-order chi connectivity index (χ0) is 22.1. The molecule has 0 aromatic heterocycles. The Kier molecular flexibility index (Phi) is 7.88. The van der Waals surface area contributed by atoms with Crippen molar-refractivity contribution in [3.8, 4) is 0 Å². The molecular weight excluding hydrogens is 393 g/mol. The molecule has 0 bridgehead atoms. The van der Waals surface area contributed by atoms with Gasteiger partial charge in [-0.3, -0.25) is 14.9 Å². The number of hydrogen-bond acceptors (Lipinski definition) is 5. The number of carbonyl (C=O) groups excluding carboxylic acids is 3.